The second-order valence-electron chi connectivity index (χ2n) is 9.05. The summed E-state index contributed by atoms with van der Waals surface area (Å²) in [5, 5.41) is 11.0. The predicted octanol–water partition coefficient (Wildman–Crippen LogP) is 5.35. The molecule has 38 heavy (non-hydrogen) atoms. The third-order valence-electron chi connectivity index (χ3n) is 6.94. The number of aryl methyl sites for hydroxylation is 1. The van der Waals surface area contributed by atoms with Crippen LogP contribution in [0.1, 0.15) is 34.7 Å². The molecule has 192 valence electrons. The maximum Gasteiger partial charge on any atom is 0.271 e. The first kappa shape index (κ1) is 24.8. The van der Waals surface area contributed by atoms with Crippen LogP contribution in [0, 0.1) is 0 Å². The van der Waals surface area contributed by atoms with Gasteiger partial charge in [-0.1, -0.05) is 64.9 Å². The molecule has 0 saturated heterocycles. The summed E-state index contributed by atoms with van der Waals surface area (Å²) in [6.45, 7) is 0. The van der Waals surface area contributed by atoms with E-state index in [-0.39, 0.29) is 22.4 Å². The fourth-order valence-corrected chi connectivity index (χ4v) is 6.68. The summed E-state index contributed by atoms with van der Waals surface area (Å²) >= 11 is 13.6. The van der Waals surface area contributed by atoms with E-state index in [0.29, 0.717) is 31.4 Å². The van der Waals surface area contributed by atoms with Crippen molar-refractivity contribution >= 4 is 46.3 Å². The van der Waals surface area contributed by atoms with Gasteiger partial charge in [0.05, 0.1) is 35.5 Å². The number of rotatable bonds is 4. The molecule has 0 fully saturated rings. The number of benzene rings is 3. The first-order chi connectivity index (χ1) is 18.4. The number of hydrogen-bond acceptors (Lipinski definition) is 6. The lowest BCUT2D eigenvalue weighted by Gasteiger charge is -2.31. The van der Waals surface area contributed by atoms with Crippen LogP contribution in [0.5, 0.6) is 17.2 Å². The molecule has 1 aliphatic carbocycles. The molecule has 1 atom stereocenters. The van der Waals surface area contributed by atoms with E-state index in [9.17, 15) is 9.90 Å². The minimum Gasteiger partial charge on any atom is -0.506 e. The van der Waals surface area contributed by atoms with Gasteiger partial charge in [-0.05, 0) is 59.9 Å². The molecule has 9 heteroatoms. The van der Waals surface area contributed by atoms with Gasteiger partial charge >= 0.3 is 0 Å². The van der Waals surface area contributed by atoms with Crippen LogP contribution < -0.4 is 24.4 Å². The summed E-state index contributed by atoms with van der Waals surface area (Å²) in [4.78, 5) is 19.5. The van der Waals surface area contributed by atoms with Crippen LogP contribution in [-0.2, 0) is 6.42 Å². The number of phenols is 1. The molecule has 1 aliphatic heterocycles. The van der Waals surface area contributed by atoms with Crippen LogP contribution in [0.25, 0.3) is 11.8 Å². The lowest BCUT2D eigenvalue weighted by atomic mass is 9.83. The number of halogens is 2. The summed E-state index contributed by atoms with van der Waals surface area (Å²) in [7, 11) is 3.19. The van der Waals surface area contributed by atoms with Crippen molar-refractivity contribution in [1.29, 1.82) is 0 Å². The Morgan fingerprint density at radius 2 is 1.84 bits per heavy atom. The summed E-state index contributed by atoms with van der Waals surface area (Å²) in [6, 6.07) is 16.6. The molecule has 0 saturated carbocycles. The molecule has 0 unspecified atom stereocenters. The molecule has 0 radical (unpaired) electrons. The van der Waals surface area contributed by atoms with Gasteiger partial charge in [-0.15, -0.1) is 0 Å². The van der Waals surface area contributed by atoms with Crippen LogP contribution in [0.2, 0.25) is 10.0 Å². The fourth-order valence-electron chi connectivity index (χ4n) is 5.18. The van der Waals surface area contributed by atoms with Crippen molar-refractivity contribution in [1.82, 2.24) is 4.57 Å². The lowest BCUT2D eigenvalue weighted by Crippen LogP contribution is -2.38. The predicted molar refractivity (Wildman–Crippen MR) is 150 cm³/mol. The van der Waals surface area contributed by atoms with Crippen molar-refractivity contribution in [2.75, 3.05) is 14.2 Å². The largest absolute Gasteiger partial charge is 0.506 e. The van der Waals surface area contributed by atoms with Gasteiger partial charge < -0.3 is 14.6 Å². The SMILES string of the molecule is COc1ccc([C@H]2C3=C(N=c4s/c(=C\c5cc(Cl)cc(Cl)c5O)c(=O)n42)c2ccccc2CC3)cc1OC. The number of fused-ring (bicyclic) bond motifs is 3. The summed E-state index contributed by atoms with van der Waals surface area (Å²) in [5.74, 6) is 1.06. The molecule has 1 N–H and O–H groups in total. The average Bonchev–Trinajstić information content (AvgIpc) is 3.24. The zero-order chi connectivity index (χ0) is 26.6. The molecule has 2 heterocycles. The second-order valence-corrected chi connectivity index (χ2v) is 10.9. The Balaban J connectivity index is 1.63. The molecule has 4 aromatic rings. The number of methoxy groups -OCH3 is 2. The second kappa shape index (κ2) is 9.66. The van der Waals surface area contributed by atoms with Crippen LogP contribution in [0.15, 0.2) is 70.0 Å². The molecule has 6 nitrogen and oxygen atoms in total. The van der Waals surface area contributed by atoms with Gasteiger partial charge in [0.15, 0.2) is 16.3 Å². The molecule has 2 aliphatic rings. The van der Waals surface area contributed by atoms with Gasteiger partial charge in [-0.25, -0.2) is 4.99 Å². The zero-order valence-corrected chi connectivity index (χ0v) is 22.8. The van der Waals surface area contributed by atoms with Crippen molar-refractivity contribution in [3.8, 4) is 17.2 Å². The maximum absolute atomic E-state index is 13.9. The van der Waals surface area contributed by atoms with Gasteiger partial charge in [0.1, 0.15) is 5.75 Å². The van der Waals surface area contributed by atoms with Gasteiger partial charge in [0.2, 0.25) is 0 Å². The third kappa shape index (κ3) is 4.02. The molecule has 6 rings (SSSR count). The zero-order valence-electron chi connectivity index (χ0n) is 20.5. The molecule has 3 aromatic carbocycles. The van der Waals surface area contributed by atoms with E-state index in [2.05, 4.69) is 12.1 Å². The van der Waals surface area contributed by atoms with Gasteiger partial charge in [-0.3, -0.25) is 9.36 Å². The first-order valence-corrected chi connectivity index (χ1v) is 13.5. The lowest BCUT2D eigenvalue weighted by molar-refractivity contribution is 0.354. The molecule has 0 spiro atoms. The van der Waals surface area contributed by atoms with Gasteiger partial charge in [0, 0.05) is 16.1 Å². The number of allylic oxidation sites excluding steroid dienone is 1. The number of aromatic nitrogens is 1. The Labute approximate surface area is 232 Å². The number of hydrogen-bond donors (Lipinski definition) is 1. The van der Waals surface area contributed by atoms with Crippen LogP contribution >= 0.6 is 34.5 Å². The van der Waals surface area contributed by atoms with E-state index in [1.807, 2.05) is 30.3 Å². The molecule has 0 bridgehead atoms. The summed E-state index contributed by atoms with van der Waals surface area (Å²) in [6.07, 6.45) is 3.23. The Bertz CT molecular complexity index is 1820. The monoisotopic (exact) mass is 564 g/mol. The molecule has 0 amide bonds. The van der Waals surface area contributed by atoms with Crippen molar-refractivity contribution < 1.29 is 14.6 Å². The van der Waals surface area contributed by atoms with Crippen LogP contribution in [0.4, 0.5) is 0 Å². The van der Waals surface area contributed by atoms with E-state index < -0.39 is 0 Å². The summed E-state index contributed by atoms with van der Waals surface area (Å²) < 4.78 is 13.2. The summed E-state index contributed by atoms with van der Waals surface area (Å²) in [5.41, 5.74) is 5.33. The van der Waals surface area contributed by atoms with Crippen molar-refractivity contribution in [2.45, 2.75) is 18.9 Å². The highest BCUT2D eigenvalue weighted by atomic mass is 35.5. The number of aromatic hydroxyl groups is 1. The Morgan fingerprint density at radius 3 is 2.63 bits per heavy atom. The van der Waals surface area contributed by atoms with E-state index in [1.165, 1.54) is 23.0 Å². The highest BCUT2D eigenvalue weighted by Crippen LogP contribution is 2.43. The standard InChI is InChI=1S/C29H22Cl2N2O4S/c1-36-22-10-8-16(12-23(22)37-2)26-20-9-7-15-5-3-4-6-19(15)25(20)32-29-33(26)28(35)24(38-29)13-17-11-18(30)14-21(31)27(17)34/h3-6,8,10-14,26,34H,7,9H2,1-2H3/b24-13-/t26-/m0/s1. The Morgan fingerprint density at radius 1 is 1.05 bits per heavy atom. The number of thiazole rings is 1. The quantitative estimate of drug-likeness (QED) is 0.362. The number of ether oxygens (including phenoxy) is 2. The molecule has 1 aromatic heterocycles. The van der Waals surface area contributed by atoms with Crippen molar-refractivity contribution in [3.63, 3.8) is 0 Å². The third-order valence-corrected chi connectivity index (χ3v) is 8.43. The normalized spacial score (nSPS) is 16.4. The minimum atomic E-state index is -0.381. The highest BCUT2D eigenvalue weighted by Gasteiger charge is 2.33. The van der Waals surface area contributed by atoms with E-state index in [4.69, 9.17) is 37.7 Å². The molecular weight excluding hydrogens is 543 g/mol. The number of nitrogens with zero attached hydrogens (tertiary/aromatic N) is 2. The van der Waals surface area contributed by atoms with Gasteiger partial charge in [-0.2, -0.15) is 0 Å². The Kier molecular flexibility index (Phi) is 6.30. The smallest absolute Gasteiger partial charge is 0.271 e. The number of phenolic OH excluding ortho intramolecular Hbond substituents is 1. The van der Waals surface area contributed by atoms with Crippen molar-refractivity contribution in [3.05, 3.63) is 112 Å². The Hall–Kier alpha value is -3.52. The van der Waals surface area contributed by atoms with Crippen molar-refractivity contribution in [2.24, 2.45) is 4.99 Å². The average molecular weight is 565 g/mol. The van der Waals surface area contributed by atoms with Gasteiger partial charge in [0.25, 0.3) is 5.56 Å². The van der Waals surface area contributed by atoms with E-state index >= 15 is 0 Å². The molecular formula is C29H22Cl2N2O4S. The first-order valence-electron chi connectivity index (χ1n) is 11.9. The van der Waals surface area contributed by atoms with Crippen LogP contribution in [-0.4, -0.2) is 23.9 Å². The van der Waals surface area contributed by atoms with E-state index in [0.717, 1.165) is 35.2 Å². The minimum absolute atomic E-state index is 0.117. The maximum atomic E-state index is 13.9. The van der Waals surface area contributed by atoms with Crippen LogP contribution in [0.3, 0.4) is 0 Å². The fraction of sp³-hybridized carbons (Fsp3) is 0.172. The highest BCUT2D eigenvalue weighted by molar-refractivity contribution is 7.07. The van der Waals surface area contributed by atoms with E-state index in [1.54, 1.807) is 30.9 Å². The topological polar surface area (TPSA) is 73.0 Å².